The molecule has 0 aliphatic carbocycles. The highest BCUT2D eigenvalue weighted by Crippen LogP contribution is 2.22. The fraction of sp³-hybridized carbons (Fsp3) is 0.571. The lowest BCUT2D eigenvalue weighted by Crippen LogP contribution is -2.19. The van der Waals surface area contributed by atoms with Crippen molar-refractivity contribution in [3.8, 4) is 0 Å². The van der Waals surface area contributed by atoms with E-state index in [9.17, 15) is 0 Å². The largest absolute Gasteiger partial charge is 0.282 e. The summed E-state index contributed by atoms with van der Waals surface area (Å²) in [4.78, 5) is 0. The standard InChI is InChI=1S/C7H11BrN2/c1-7(2,5-8)6-3-4-9-10-6/h3-4H,5H2,1-2H3,(H,9,10). The molecular formula is C7H11BrN2. The van der Waals surface area contributed by atoms with Crippen LogP contribution in [0.1, 0.15) is 19.5 Å². The second-order valence-corrected chi connectivity index (χ2v) is 3.55. The molecule has 0 saturated carbocycles. The average Bonchev–Trinajstić information content (AvgIpc) is 2.38. The first-order chi connectivity index (χ1) is 4.67. The minimum absolute atomic E-state index is 0.163. The summed E-state index contributed by atoms with van der Waals surface area (Å²) >= 11 is 3.44. The summed E-state index contributed by atoms with van der Waals surface area (Å²) in [6.45, 7) is 4.32. The summed E-state index contributed by atoms with van der Waals surface area (Å²) < 4.78 is 0. The van der Waals surface area contributed by atoms with Gasteiger partial charge in [-0.05, 0) is 6.07 Å². The molecule has 0 radical (unpaired) electrons. The highest BCUT2D eigenvalue weighted by molar-refractivity contribution is 9.09. The average molecular weight is 203 g/mol. The molecule has 0 atom stereocenters. The van der Waals surface area contributed by atoms with Gasteiger partial charge in [0.1, 0.15) is 0 Å². The van der Waals surface area contributed by atoms with Crippen molar-refractivity contribution in [1.29, 1.82) is 0 Å². The summed E-state index contributed by atoms with van der Waals surface area (Å²) in [6.07, 6.45) is 1.78. The summed E-state index contributed by atoms with van der Waals surface area (Å²) in [7, 11) is 0. The van der Waals surface area contributed by atoms with Crippen LogP contribution in [0.3, 0.4) is 0 Å². The third-order valence-electron chi connectivity index (χ3n) is 1.56. The van der Waals surface area contributed by atoms with Crippen LogP contribution >= 0.6 is 15.9 Å². The molecule has 1 rings (SSSR count). The molecule has 0 aliphatic rings. The van der Waals surface area contributed by atoms with Gasteiger partial charge in [-0.25, -0.2) is 0 Å². The molecule has 0 aromatic carbocycles. The lowest BCUT2D eigenvalue weighted by atomic mass is 9.93. The van der Waals surface area contributed by atoms with Gasteiger partial charge in [-0.1, -0.05) is 29.8 Å². The summed E-state index contributed by atoms with van der Waals surface area (Å²) in [5.74, 6) is 0. The molecule has 0 saturated heterocycles. The normalized spacial score (nSPS) is 11.9. The fourth-order valence-electron chi connectivity index (χ4n) is 0.705. The second kappa shape index (κ2) is 2.74. The number of hydrogen-bond donors (Lipinski definition) is 1. The number of alkyl halides is 1. The predicted octanol–water partition coefficient (Wildman–Crippen LogP) is 2.08. The Balaban J connectivity index is 2.85. The van der Waals surface area contributed by atoms with Gasteiger partial charge in [0.2, 0.25) is 0 Å². The molecule has 1 aromatic heterocycles. The number of rotatable bonds is 2. The van der Waals surface area contributed by atoms with Gasteiger partial charge >= 0.3 is 0 Å². The van der Waals surface area contributed by atoms with Crippen LogP contribution in [0.4, 0.5) is 0 Å². The van der Waals surface area contributed by atoms with Crippen LogP contribution in [0.15, 0.2) is 12.3 Å². The predicted molar refractivity (Wildman–Crippen MR) is 45.4 cm³/mol. The van der Waals surface area contributed by atoms with Gasteiger partial charge in [-0.3, -0.25) is 5.10 Å². The van der Waals surface area contributed by atoms with Gasteiger partial charge in [-0.2, -0.15) is 5.10 Å². The molecule has 2 nitrogen and oxygen atoms in total. The maximum absolute atomic E-state index is 3.89. The van der Waals surface area contributed by atoms with Crippen molar-refractivity contribution in [3.05, 3.63) is 18.0 Å². The molecule has 1 heterocycles. The van der Waals surface area contributed by atoms with Crippen LogP contribution in [0.25, 0.3) is 0 Å². The maximum atomic E-state index is 3.89. The van der Waals surface area contributed by atoms with Crippen LogP contribution in [-0.4, -0.2) is 15.5 Å². The molecule has 1 N–H and O–H groups in total. The van der Waals surface area contributed by atoms with Crippen molar-refractivity contribution in [2.45, 2.75) is 19.3 Å². The third-order valence-corrected chi connectivity index (χ3v) is 2.97. The molecular weight excluding hydrogens is 192 g/mol. The van der Waals surface area contributed by atoms with Crippen molar-refractivity contribution < 1.29 is 0 Å². The number of hydrogen-bond acceptors (Lipinski definition) is 1. The van der Waals surface area contributed by atoms with E-state index in [1.54, 1.807) is 6.20 Å². The van der Waals surface area contributed by atoms with E-state index in [0.717, 1.165) is 5.33 Å². The fourth-order valence-corrected chi connectivity index (χ4v) is 1.01. The van der Waals surface area contributed by atoms with E-state index in [1.165, 1.54) is 5.69 Å². The van der Waals surface area contributed by atoms with Crippen molar-refractivity contribution >= 4 is 15.9 Å². The first-order valence-corrected chi connectivity index (χ1v) is 4.35. The van der Waals surface area contributed by atoms with Crippen molar-refractivity contribution in [2.24, 2.45) is 0 Å². The lowest BCUT2D eigenvalue weighted by Gasteiger charge is -2.18. The van der Waals surface area contributed by atoms with E-state index in [0.29, 0.717) is 0 Å². The molecule has 3 heteroatoms. The Morgan fingerprint density at radius 2 is 2.40 bits per heavy atom. The van der Waals surface area contributed by atoms with E-state index in [1.807, 2.05) is 6.07 Å². The molecule has 0 spiro atoms. The number of H-pyrrole nitrogens is 1. The van der Waals surface area contributed by atoms with E-state index < -0.39 is 0 Å². The molecule has 0 fully saturated rings. The van der Waals surface area contributed by atoms with Crippen LogP contribution in [0.2, 0.25) is 0 Å². The Labute approximate surface area is 69.2 Å². The minimum Gasteiger partial charge on any atom is -0.282 e. The Kier molecular flexibility index (Phi) is 2.14. The Hall–Kier alpha value is -0.310. The van der Waals surface area contributed by atoms with Crippen LogP contribution in [0, 0.1) is 0 Å². The Bertz CT molecular complexity index is 191. The van der Waals surface area contributed by atoms with E-state index in [-0.39, 0.29) is 5.41 Å². The number of aromatic nitrogens is 2. The molecule has 0 bridgehead atoms. The quantitative estimate of drug-likeness (QED) is 0.732. The van der Waals surface area contributed by atoms with Gasteiger partial charge in [-0.15, -0.1) is 0 Å². The topological polar surface area (TPSA) is 28.7 Å². The van der Waals surface area contributed by atoms with Crippen LogP contribution < -0.4 is 0 Å². The van der Waals surface area contributed by atoms with Gasteiger partial charge in [0, 0.05) is 22.6 Å². The van der Waals surface area contributed by atoms with Gasteiger partial charge < -0.3 is 0 Å². The third kappa shape index (κ3) is 1.40. The van der Waals surface area contributed by atoms with Gasteiger partial charge in [0.25, 0.3) is 0 Å². The zero-order valence-electron chi connectivity index (χ0n) is 6.19. The highest BCUT2D eigenvalue weighted by atomic mass is 79.9. The summed E-state index contributed by atoms with van der Waals surface area (Å²) in [5, 5.41) is 7.79. The monoisotopic (exact) mass is 202 g/mol. The maximum Gasteiger partial charge on any atom is 0.0490 e. The highest BCUT2D eigenvalue weighted by Gasteiger charge is 2.19. The Morgan fingerprint density at radius 1 is 1.70 bits per heavy atom. The molecule has 10 heavy (non-hydrogen) atoms. The zero-order chi connectivity index (χ0) is 7.61. The van der Waals surface area contributed by atoms with Gasteiger partial charge in [0.05, 0.1) is 0 Å². The molecule has 0 aliphatic heterocycles. The summed E-state index contributed by atoms with van der Waals surface area (Å²) in [6, 6.07) is 2.00. The zero-order valence-corrected chi connectivity index (χ0v) is 7.77. The van der Waals surface area contributed by atoms with E-state index in [2.05, 4.69) is 40.0 Å². The van der Waals surface area contributed by atoms with E-state index in [4.69, 9.17) is 0 Å². The molecule has 0 amide bonds. The van der Waals surface area contributed by atoms with Crippen molar-refractivity contribution in [3.63, 3.8) is 0 Å². The Morgan fingerprint density at radius 3 is 2.80 bits per heavy atom. The van der Waals surface area contributed by atoms with Crippen LogP contribution in [0.5, 0.6) is 0 Å². The molecule has 56 valence electrons. The number of aromatic amines is 1. The van der Waals surface area contributed by atoms with Crippen molar-refractivity contribution in [2.75, 3.05) is 5.33 Å². The number of halogens is 1. The first-order valence-electron chi connectivity index (χ1n) is 3.22. The minimum atomic E-state index is 0.163. The second-order valence-electron chi connectivity index (χ2n) is 2.99. The number of nitrogens with one attached hydrogen (secondary N) is 1. The lowest BCUT2D eigenvalue weighted by molar-refractivity contribution is 0.582. The van der Waals surface area contributed by atoms with Crippen molar-refractivity contribution in [1.82, 2.24) is 10.2 Å². The van der Waals surface area contributed by atoms with Crippen LogP contribution in [-0.2, 0) is 5.41 Å². The first kappa shape index (κ1) is 7.79. The summed E-state index contributed by atoms with van der Waals surface area (Å²) in [5.41, 5.74) is 1.33. The number of nitrogens with zero attached hydrogens (tertiary/aromatic N) is 1. The van der Waals surface area contributed by atoms with E-state index >= 15 is 0 Å². The smallest absolute Gasteiger partial charge is 0.0490 e. The molecule has 0 unspecified atom stereocenters. The van der Waals surface area contributed by atoms with Gasteiger partial charge in [0.15, 0.2) is 0 Å². The SMILES string of the molecule is CC(C)(CBr)c1ccn[nH]1. The molecule has 1 aromatic rings.